The van der Waals surface area contributed by atoms with E-state index in [1.165, 1.54) is 13.0 Å². The van der Waals surface area contributed by atoms with Crippen LogP contribution in [0.15, 0.2) is 42.5 Å². The molecule has 0 saturated heterocycles. The molecule has 0 unspecified atom stereocenters. The third-order valence-electron chi connectivity index (χ3n) is 3.35. The summed E-state index contributed by atoms with van der Waals surface area (Å²) in [5.74, 6) is -0.0350. The molecule has 0 spiro atoms. The smallest absolute Gasteiger partial charge is 0.339 e. The molecule has 0 fully saturated rings. The van der Waals surface area contributed by atoms with Crippen LogP contribution < -0.4 is 14.8 Å². The maximum atomic E-state index is 12.1. The van der Waals surface area contributed by atoms with Crippen LogP contribution in [-0.2, 0) is 9.53 Å². The zero-order chi connectivity index (χ0) is 17.1. The number of fused-ring (bicyclic) bond motifs is 1. The van der Waals surface area contributed by atoms with Gasteiger partial charge < -0.3 is 19.5 Å². The zero-order valence-corrected chi connectivity index (χ0v) is 13.5. The summed E-state index contributed by atoms with van der Waals surface area (Å²) in [4.78, 5) is 24.2. The average molecular weight is 348 g/mol. The van der Waals surface area contributed by atoms with Crippen LogP contribution in [0.3, 0.4) is 0 Å². The van der Waals surface area contributed by atoms with Gasteiger partial charge >= 0.3 is 5.97 Å². The number of benzene rings is 2. The van der Waals surface area contributed by atoms with Crippen LogP contribution in [0.25, 0.3) is 0 Å². The molecule has 0 bridgehead atoms. The van der Waals surface area contributed by atoms with Crippen LogP contribution in [0.2, 0.25) is 5.02 Å². The minimum absolute atomic E-state index is 0.117. The van der Waals surface area contributed by atoms with Crippen molar-refractivity contribution in [3.63, 3.8) is 0 Å². The van der Waals surface area contributed by atoms with Gasteiger partial charge in [0.25, 0.3) is 5.91 Å². The Morgan fingerprint density at radius 3 is 2.75 bits per heavy atom. The highest BCUT2D eigenvalue weighted by Gasteiger charge is 2.21. The summed E-state index contributed by atoms with van der Waals surface area (Å²) >= 11 is 5.86. The molecule has 0 radical (unpaired) electrons. The van der Waals surface area contributed by atoms with Gasteiger partial charge in [0.2, 0.25) is 6.79 Å². The lowest BCUT2D eigenvalue weighted by atomic mass is 10.2. The summed E-state index contributed by atoms with van der Waals surface area (Å²) in [5.41, 5.74) is 0.806. The first-order chi connectivity index (χ1) is 11.5. The third kappa shape index (κ3) is 3.60. The number of carbonyl (C=O) groups is 2. The SMILES string of the molecule is C[C@H](OC(=O)c1ccc2c(c1)OCO2)C(=O)Nc1cccc(Cl)c1. The number of esters is 1. The number of amides is 1. The van der Waals surface area contributed by atoms with E-state index in [1.54, 1.807) is 36.4 Å². The number of anilines is 1. The predicted octanol–water partition coefficient (Wildman–Crippen LogP) is 3.25. The molecule has 3 rings (SSSR count). The van der Waals surface area contributed by atoms with E-state index in [0.29, 0.717) is 22.2 Å². The van der Waals surface area contributed by atoms with Crippen molar-refractivity contribution in [3.05, 3.63) is 53.1 Å². The molecule has 1 N–H and O–H groups in total. The Bertz CT molecular complexity index is 792. The van der Waals surface area contributed by atoms with Gasteiger partial charge in [-0.2, -0.15) is 0 Å². The van der Waals surface area contributed by atoms with Crippen molar-refractivity contribution in [2.45, 2.75) is 13.0 Å². The molecule has 1 aliphatic rings. The van der Waals surface area contributed by atoms with Gasteiger partial charge in [-0.25, -0.2) is 4.79 Å². The van der Waals surface area contributed by atoms with Gasteiger partial charge in [-0.1, -0.05) is 17.7 Å². The first kappa shape index (κ1) is 16.1. The number of halogens is 1. The standard InChI is InChI=1S/C17H14ClNO5/c1-10(16(20)19-13-4-2-3-12(18)8-13)24-17(21)11-5-6-14-15(7-11)23-9-22-14/h2-8,10H,9H2,1H3,(H,19,20)/t10-/m0/s1. The van der Waals surface area contributed by atoms with Crippen molar-refractivity contribution in [2.24, 2.45) is 0 Å². The van der Waals surface area contributed by atoms with E-state index in [9.17, 15) is 9.59 Å². The van der Waals surface area contributed by atoms with Crippen LogP contribution in [0.4, 0.5) is 5.69 Å². The van der Waals surface area contributed by atoms with E-state index in [0.717, 1.165) is 0 Å². The van der Waals surface area contributed by atoms with Crippen LogP contribution in [0, 0.1) is 0 Å². The molecular weight excluding hydrogens is 334 g/mol. The van der Waals surface area contributed by atoms with Gasteiger partial charge in [0.05, 0.1) is 5.56 Å². The van der Waals surface area contributed by atoms with Gasteiger partial charge in [-0.15, -0.1) is 0 Å². The second-order valence-corrected chi connectivity index (χ2v) is 5.55. The number of nitrogens with one attached hydrogen (secondary N) is 1. The Morgan fingerprint density at radius 2 is 1.96 bits per heavy atom. The van der Waals surface area contributed by atoms with Crippen molar-refractivity contribution in [2.75, 3.05) is 12.1 Å². The van der Waals surface area contributed by atoms with E-state index < -0.39 is 18.0 Å². The summed E-state index contributed by atoms with van der Waals surface area (Å²) in [6, 6.07) is 11.4. The monoisotopic (exact) mass is 347 g/mol. The molecule has 0 aliphatic carbocycles. The molecule has 0 aromatic heterocycles. The lowest BCUT2D eigenvalue weighted by Crippen LogP contribution is -2.30. The van der Waals surface area contributed by atoms with Crippen molar-refractivity contribution in [1.29, 1.82) is 0 Å². The quantitative estimate of drug-likeness (QED) is 0.859. The molecule has 124 valence electrons. The zero-order valence-electron chi connectivity index (χ0n) is 12.7. The van der Waals surface area contributed by atoms with Crippen molar-refractivity contribution in [3.8, 4) is 11.5 Å². The minimum Gasteiger partial charge on any atom is -0.454 e. The Hall–Kier alpha value is -2.73. The van der Waals surface area contributed by atoms with E-state index in [1.807, 2.05) is 0 Å². The highest BCUT2D eigenvalue weighted by molar-refractivity contribution is 6.30. The number of carbonyl (C=O) groups excluding carboxylic acids is 2. The highest BCUT2D eigenvalue weighted by atomic mass is 35.5. The molecule has 1 atom stereocenters. The molecule has 0 saturated carbocycles. The van der Waals surface area contributed by atoms with E-state index in [2.05, 4.69) is 5.32 Å². The minimum atomic E-state index is -0.970. The molecule has 2 aromatic carbocycles. The fourth-order valence-electron chi connectivity index (χ4n) is 2.12. The van der Waals surface area contributed by atoms with E-state index in [4.69, 9.17) is 25.8 Å². The summed E-state index contributed by atoms with van der Waals surface area (Å²) in [7, 11) is 0. The lowest BCUT2D eigenvalue weighted by Gasteiger charge is -2.14. The number of rotatable bonds is 4. The Labute approximate surface area is 143 Å². The van der Waals surface area contributed by atoms with E-state index in [-0.39, 0.29) is 12.4 Å². The summed E-state index contributed by atoms with van der Waals surface area (Å²) in [6.45, 7) is 1.61. The Kier molecular flexibility index (Phi) is 4.57. The number of ether oxygens (including phenoxy) is 3. The van der Waals surface area contributed by atoms with Crippen LogP contribution in [0.1, 0.15) is 17.3 Å². The van der Waals surface area contributed by atoms with Gasteiger partial charge in [-0.05, 0) is 43.3 Å². The maximum Gasteiger partial charge on any atom is 0.339 e. The summed E-state index contributed by atoms with van der Waals surface area (Å²) in [5, 5.41) is 3.13. The van der Waals surface area contributed by atoms with Gasteiger partial charge in [0.1, 0.15) is 0 Å². The average Bonchev–Trinajstić information content (AvgIpc) is 3.02. The number of hydrogen-bond donors (Lipinski definition) is 1. The molecule has 24 heavy (non-hydrogen) atoms. The van der Waals surface area contributed by atoms with Crippen molar-refractivity contribution < 1.29 is 23.8 Å². The van der Waals surface area contributed by atoms with Gasteiger partial charge in [0, 0.05) is 10.7 Å². The number of hydrogen-bond acceptors (Lipinski definition) is 5. The molecule has 7 heteroatoms. The van der Waals surface area contributed by atoms with Gasteiger partial charge in [0.15, 0.2) is 17.6 Å². The molecule has 1 aliphatic heterocycles. The Balaban J connectivity index is 1.62. The van der Waals surface area contributed by atoms with Crippen LogP contribution >= 0.6 is 11.6 Å². The fourth-order valence-corrected chi connectivity index (χ4v) is 2.31. The normalized spacial score (nSPS) is 13.2. The predicted molar refractivity (Wildman–Crippen MR) is 87.5 cm³/mol. The van der Waals surface area contributed by atoms with E-state index >= 15 is 0 Å². The van der Waals surface area contributed by atoms with Crippen molar-refractivity contribution >= 4 is 29.2 Å². The first-order valence-electron chi connectivity index (χ1n) is 7.20. The maximum absolute atomic E-state index is 12.1. The third-order valence-corrected chi connectivity index (χ3v) is 3.59. The lowest BCUT2D eigenvalue weighted by molar-refractivity contribution is -0.123. The second-order valence-electron chi connectivity index (χ2n) is 5.12. The topological polar surface area (TPSA) is 73.9 Å². The fraction of sp³-hybridized carbons (Fsp3) is 0.176. The van der Waals surface area contributed by atoms with Crippen LogP contribution in [0.5, 0.6) is 11.5 Å². The summed E-state index contributed by atoms with van der Waals surface area (Å²) in [6.07, 6.45) is -0.970. The van der Waals surface area contributed by atoms with Crippen LogP contribution in [-0.4, -0.2) is 24.8 Å². The first-order valence-corrected chi connectivity index (χ1v) is 7.58. The highest BCUT2D eigenvalue weighted by Crippen LogP contribution is 2.32. The van der Waals surface area contributed by atoms with Crippen molar-refractivity contribution in [1.82, 2.24) is 0 Å². The molecule has 6 nitrogen and oxygen atoms in total. The van der Waals surface area contributed by atoms with Gasteiger partial charge in [-0.3, -0.25) is 4.79 Å². The largest absolute Gasteiger partial charge is 0.454 e. The summed E-state index contributed by atoms with van der Waals surface area (Å²) < 4.78 is 15.6. The second kappa shape index (κ2) is 6.80. The Morgan fingerprint density at radius 1 is 1.17 bits per heavy atom. The molecule has 1 amide bonds. The molecule has 1 heterocycles. The molecule has 2 aromatic rings. The molecular formula is C17H14ClNO5.